The Morgan fingerprint density at radius 2 is 0.527 bits per heavy atom. The van der Waals surface area contributed by atoms with Crippen LogP contribution >= 0.6 is 15.6 Å². The fourth-order valence-electron chi connectivity index (χ4n) is 10.8. The van der Waals surface area contributed by atoms with Gasteiger partial charge in [-0.05, 0) is 49.4 Å². The lowest BCUT2D eigenvalue weighted by atomic mass is 10.00. The van der Waals surface area contributed by atoms with Gasteiger partial charge in [-0.1, -0.05) is 306 Å². The van der Waals surface area contributed by atoms with Crippen LogP contribution < -0.4 is 0 Å². The molecule has 540 valence electrons. The number of aliphatic hydroxyl groups is 1. The molecule has 0 bridgehead atoms. The molecule has 0 aromatic carbocycles. The van der Waals surface area contributed by atoms with Gasteiger partial charge in [-0.3, -0.25) is 37.3 Å². The molecule has 0 saturated heterocycles. The van der Waals surface area contributed by atoms with Crippen molar-refractivity contribution in [3.05, 3.63) is 0 Å². The van der Waals surface area contributed by atoms with Gasteiger partial charge in [-0.2, -0.15) is 0 Å². The van der Waals surface area contributed by atoms with Gasteiger partial charge in [-0.25, -0.2) is 9.13 Å². The number of hydrogen-bond donors (Lipinski definition) is 3. The second kappa shape index (κ2) is 61.6. The Morgan fingerprint density at radius 3 is 0.780 bits per heavy atom. The lowest BCUT2D eigenvalue weighted by Gasteiger charge is -2.21. The maximum atomic E-state index is 13.0. The van der Waals surface area contributed by atoms with Crippen LogP contribution in [0.2, 0.25) is 0 Å². The van der Waals surface area contributed by atoms with Crippen molar-refractivity contribution in [3.63, 3.8) is 0 Å². The quantitative estimate of drug-likeness (QED) is 0.0222. The van der Waals surface area contributed by atoms with E-state index in [0.29, 0.717) is 31.6 Å². The van der Waals surface area contributed by atoms with E-state index in [1.165, 1.54) is 154 Å². The zero-order valence-corrected chi connectivity index (χ0v) is 61.3. The molecule has 0 aliphatic heterocycles. The van der Waals surface area contributed by atoms with E-state index in [1.54, 1.807) is 0 Å². The number of carbonyl (C=O) groups is 4. The summed E-state index contributed by atoms with van der Waals surface area (Å²) in [6, 6.07) is 0. The van der Waals surface area contributed by atoms with Crippen molar-refractivity contribution < 1.29 is 80.2 Å². The van der Waals surface area contributed by atoms with Gasteiger partial charge >= 0.3 is 39.5 Å². The minimum Gasteiger partial charge on any atom is -0.462 e. The highest BCUT2D eigenvalue weighted by atomic mass is 31.2. The summed E-state index contributed by atoms with van der Waals surface area (Å²) in [4.78, 5) is 72.6. The minimum absolute atomic E-state index is 0.103. The Balaban J connectivity index is 5.22. The molecule has 0 spiro atoms. The zero-order valence-electron chi connectivity index (χ0n) is 59.5. The third-order valence-corrected chi connectivity index (χ3v) is 18.8. The number of phosphoric acid groups is 2. The minimum atomic E-state index is -4.95. The fraction of sp³-hybridized carbons (Fsp3) is 0.944. The molecule has 0 aliphatic carbocycles. The maximum Gasteiger partial charge on any atom is 0.472 e. The van der Waals surface area contributed by atoms with E-state index in [0.717, 1.165) is 114 Å². The largest absolute Gasteiger partial charge is 0.472 e. The Hall–Kier alpha value is -1.94. The highest BCUT2D eigenvalue weighted by Gasteiger charge is 2.30. The van der Waals surface area contributed by atoms with Crippen molar-refractivity contribution in [1.29, 1.82) is 0 Å². The zero-order chi connectivity index (χ0) is 67.5. The molecule has 3 N–H and O–H groups in total. The Kier molecular flexibility index (Phi) is 60.3. The van der Waals surface area contributed by atoms with Gasteiger partial charge in [0.05, 0.1) is 26.4 Å². The predicted molar refractivity (Wildman–Crippen MR) is 367 cm³/mol. The molecule has 0 fully saturated rings. The summed E-state index contributed by atoms with van der Waals surface area (Å²) >= 11 is 0. The third-order valence-electron chi connectivity index (χ3n) is 16.9. The first-order chi connectivity index (χ1) is 43.6. The van der Waals surface area contributed by atoms with E-state index in [2.05, 4.69) is 55.4 Å². The molecule has 0 heterocycles. The van der Waals surface area contributed by atoms with E-state index in [-0.39, 0.29) is 25.7 Å². The summed E-state index contributed by atoms with van der Waals surface area (Å²) in [5.74, 6) is 0.865. The Morgan fingerprint density at radius 1 is 0.308 bits per heavy atom. The topological polar surface area (TPSA) is 237 Å². The van der Waals surface area contributed by atoms with Gasteiger partial charge in [0.15, 0.2) is 12.2 Å². The van der Waals surface area contributed by atoms with E-state index in [1.807, 2.05) is 0 Å². The normalized spacial score (nSPS) is 14.5. The lowest BCUT2D eigenvalue weighted by Crippen LogP contribution is -2.30. The number of carbonyl (C=O) groups excluding carboxylic acids is 4. The highest BCUT2D eigenvalue weighted by Crippen LogP contribution is 2.45. The summed E-state index contributed by atoms with van der Waals surface area (Å²) in [5.41, 5.74) is 0. The molecule has 17 nitrogen and oxygen atoms in total. The van der Waals surface area contributed by atoms with Crippen LogP contribution in [-0.2, 0) is 65.4 Å². The lowest BCUT2D eigenvalue weighted by molar-refractivity contribution is -0.161. The number of hydrogen-bond acceptors (Lipinski definition) is 15. The molecule has 91 heavy (non-hydrogen) atoms. The van der Waals surface area contributed by atoms with Crippen molar-refractivity contribution in [2.45, 2.75) is 375 Å². The molecular formula is C72H140O17P2. The number of ether oxygens (including phenoxy) is 4. The smallest absolute Gasteiger partial charge is 0.462 e. The van der Waals surface area contributed by atoms with Crippen LogP contribution in [0.3, 0.4) is 0 Å². The van der Waals surface area contributed by atoms with Crippen molar-refractivity contribution in [2.24, 2.45) is 23.7 Å². The van der Waals surface area contributed by atoms with Crippen LogP contribution in [0.1, 0.15) is 357 Å². The number of rotatable bonds is 69. The summed E-state index contributed by atoms with van der Waals surface area (Å²) in [5, 5.41) is 10.6. The monoisotopic (exact) mass is 1340 g/mol. The van der Waals surface area contributed by atoms with E-state index >= 15 is 0 Å². The van der Waals surface area contributed by atoms with Crippen LogP contribution in [0, 0.1) is 23.7 Å². The fourth-order valence-corrected chi connectivity index (χ4v) is 12.4. The first-order valence-corrected chi connectivity index (χ1v) is 40.2. The van der Waals surface area contributed by atoms with Crippen molar-refractivity contribution in [2.75, 3.05) is 39.6 Å². The van der Waals surface area contributed by atoms with Crippen molar-refractivity contribution in [3.8, 4) is 0 Å². The molecule has 0 rings (SSSR count). The molecule has 3 unspecified atom stereocenters. The molecule has 0 radical (unpaired) electrons. The van der Waals surface area contributed by atoms with Crippen LogP contribution in [0.5, 0.6) is 0 Å². The number of esters is 4. The molecule has 0 aromatic rings. The van der Waals surface area contributed by atoms with Gasteiger partial charge in [0.2, 0.25) is 0 Å². The second-order valence-corrected chi connectivity index (χ2v) is 30.6. The average molecular weight is 1340 g/mol. The number of phosphoric ester groups is 2. The van der Waals surface area contributed by atoms with Crippen molar-refractivity contribution in [1.82, 2.24) is 0 Å². The van der Waals surface area contributed by atoms with E-state index in [9.17, 15) is 43.2 Å². The van der Waals surface area contributed by atoms with Gasteiger partial charge in [-0.15, -0.1) is 0 Å². The van der Waals surface area contributed by atoms with E-state index in [4.69, 9.17) is 37.0 Å². The molecule has 0 amide bonds. The maximum absolute atomic E-state index is 13.0. The van der Waals surface area contributed by atoms with Crippen LogP contribution in [0.4, 0.5) is 0 Å². The summed E-state index contributed by atoms with van der Waals surface area (Å²) in [7, 11) is -9.91. The Bertz CT molecular complexity index is 1800. The van der Waals surface area contributed by atoms with Gasteiger partial charge < -0.3 is 33.8 Å². The first-order valence-electron chi connectivity index (χ1n) is 37.2. The van der Waals surface area contributed by atoms with Crippen LogP contribution in [0.15, 0.2) is 0 Å². The molecular weight excluding hydrogens is 1200 g/mol. The summed E-state index contributed by atoms with van der Waals surface area (Å²) < 4.78 is 68.3. The van der Waals surface area contributed by atoms with Gasteiger partial charge in [0, 0.05) is 25.7 Å². The average Bonchev–Trinajstić information content (AvgIpc) is 2.94. The summed E-state index contributed by atoms with van der Waals surface area (Å²) in [6.45, 7) is 14.1. The number of unbranched alkanes of at least 4 members (excludes halogenated alkanes) is 34. The van der Waals surface area contributed by atoms with Gasteiger partial charge in [0.25, 0.3) is 0 Å². The Labute approximate surface area is 556 Å². The third kappa shape index (κ3) is 65.1. The van der Waals surface area contributed by atoms with Gasteiger partial charge in [0.1, 0.15) is 19.3 Å². The standard InChI is InChI=1S/C72H140O17P2/c1-9-65(8)51-43-35-30-31-37-45-53-70(75)83-59-68(88-71(76)54-46-38-28-22-18-14-13-16-20-25-33-41-49-63(4)5)61-87-91(80,81)85-57-66(73)56-84-90(78,79)86-60-67(89-72(77)55-47-39-29-23-26-34-42-50-64(6)7)58-82-69(74)52-44-36-27-21-17-12-10-11-15-19-24-32-40-48-62(2)3/h62-68,73H,9-61H2,1-8H3,(H,78,79)(H,80,81)/t65?,66-,67-,68-/m1/s1. The second-order valence-electron chi connectivity index (χ2n) is 27.6. The van der Waals surface area contributed by atoms with Crippen LogP contribution in [0.25, 0.3) is 0 Å². The SMILES string of the molecule is CCC(C)CCCCCCCCC(=O)OC[C@H](COP(=O)(O)OC[C@H](O)COP(=O)(O)OC[C@@H](COC(=O)CCCCCCCCCCCCCCCC(C)C)OC(=O)CCCCCCCCCC(C)C)OC(=O)CCCCCCCCCCCCCCC(C)C. The number of aliphatic hydroxyl groups excluding tert-OH is 1. The molecule has 0 aliphatic rings. The molecule has 6 atom stereocenters. The van der Waals surface area contributed by atoms with E-state index < -0.39 is 97.5 Å². The molecule has 19 heteroatoms. The molecule has 0 aromatic heterocycles. The van der Waals surface area contributed by atoms with Crippen LogP contribution in [-0.4, -0.2) is 96.7 Å². The first kappa shape index (κ1) is 89.1. The predicted octanol–water partition coefficient (Wildman–Crippen LogP) is 20.5. The molecule has 0 saturated carbocycles. The highest BCUT2D eigenvalue weighted by molar-refractivity contribution is 7.47. The van der Waals surface area contributed by atoms with Crippen molar-refractivity contribution >= 4 is 39.5 Å². The summed E-state index contributed by atoms with van der Waals surface area (Å²) in [6.07, 6.45) is 44.5.